The first-order valence-corrected chi connectivity index (χ1v) is 16.8. The zero-order chi connectivity index (χ0) is 31.0. The summed E-state index contributed by atoms with van der Waals surface area (Å²) in [5.41, 5.74) is 18.1. The molecular formula is C36H56N6O. The molecule has 0 aliphatic heterocycles. The minimum Gasteiger partial charge on any atom is -0.323 e. The molecule has 4 N–H and O–H groups in total. The average Bonchev–Trinajstić information content (AvgIpc) is 3.03. The Balaban J connectivity index is 0.000000219. The van der Waals surface area contributed by atoms with Crippen molar-refractivity contribution in [1.29, 1.82) is 0 Å². The third-order valence-corrected chi connectivity index (χ3v) is 8.40. The lowest BCUT2D eigenvalue weighted by molar-refractivity contribution is -0.120. The molecule has 236 valence electrons. The third kappa shape index (κ3) is 12.8. The number of nitrogens with zero attached hydrogens (tertiary/aromatic N) is 4. The highest BCUT2D eigenvalue weighted by molar-refractivity contribution is 5.85. The molecule has 5 rings (SSSR count). The van der Waals surface area contributed by atoms with Crippen LogP contribution in [0.2, 0.25) is 0 Å². The van der Waals surface area contributed by atoms with Gasteiger partial charge in [-0.3, -0.25) is 24.7 Å². The van der Waals surface area contributed by atoms with E-state index in [1.165, 1.54) is 82.1 Å². The molecule has 3 aliphatic rings. The van der Waals surface area contributed by atoms with Gasteiger partial charge in [-0.05, 0) is 116 Å². The number of carbonyl (C=O) groups is 1. The van der Waals surface area contributed by atoms with E-state index in [0.717, 1.165) is 48.5 Å². The molecule has 7 heteroatoms. The smallest absolute Gasteiger partial charge is 0.132 e. The van der Waals surface area contributed by atoms with E-state index in [9.17, 15) is 4.79 Å². The first-order valence-electron chi connectivity index (χ1n) is 16.8. The van der Waals surface area contributed by atoms with Crippen LogP contribution in [0, 0.1) is 0 Å². The number of hydrogen-bond acceptors (Lipinski definition) is 7. The van der Waals surface area contributed by atoms with Gasteiger partial charge in [0.15, 0.2) is 0 Å². The number of ketones is 1. The molecule has 0 saturated heterocycles. The molecule has 0 spiro atoms. The van der Waals surface area contributed by atoms with E-state index in [1.54, 1.807) is 0 Å². The van der Waals surface area contributed by atoms with Crippen molar-refractivity contribution in [2.45, 2.75) is 148 Å². The molecular weight excluding hydrogens is 532 g/mol. The van der Waals surface area contributed by atoms with Crippen molar-refractivity contribution in [1.82, 2.24) is 9.97 Å². The van der Waals surface area contributed by atoms with Crippen LogP contribution in [0.1, 0.15) is 171 Å². The Bertz CT molecular complexity index is 1090. The highest BCUT2D eigenvalue weighted by Gasteiger charge is 2.14. The van der Waals surface area contributed by atoms with Crippen molar-refractivity contribution in [3.8, 4) is 0 Å². The molecule has 2 aromatic heterocycles. The Morgan fingerprint density at radius 1 is 0.535 bits per heavy atom. The van der Waals surface area contributed by atoms with Crippen LogP contribution in [0.15, 0.2) is 46.4 Å². The quantitative estimate of drug-likeness (QED) is 0.350. The number of nitrogens with two attached hydrogens (primary N) is 2. The summed E-state index contributed by atoms with van der Waals surface area (Å²) < 4.78 is 0. The van der Waals surface area contributed by atoms with Gasteiger partial charge < -0.3 is 11.5 Å². The van der Waals surface area contributed by atoms with Crippen molar-refractivity contribution in [2.24, 2.45) is 21.5 Å². The Morgan fingerprint density at radius 3 is 1.19 bits per heavy atom. The molecule has 7 nitrogen and oxygen atoms in total. The van der Waals surface area contributed by atoms with E-state index >= 15 is 0 Å². The zero-order valence-electron chi connectivity index (χ0n) is 27.2. The van der Waals surface area contributed by atoms with Crippen molar-refractivity contribution in [3.05, 3.63) is 59.2 Å². The highest BCUT2D eigenvalue weighted by atomic mass is 16.1. The van der Waals surface area contributed by atoms with Crippen LogP contribution in [-0.2, 0) is 4.79 Å². The van der Waals surface area contributed by atoms with Crippen LogP contribution in [0.4, 0.5) is 0 Å². The fourth-order valence-corrected chi connectivity index (χ4v) is 5.71. The largest absolute Gasteiger partial charge is 0.323 e. The predicted molar refractivity (Wildman–Crippen MR) is 180 cm³/mol. The normalized spacial score (nSPS) is 19.9. The van der Waals surface area contributed by atoms with Crippen LogP contribution in [0.5, 0.6) is 0 Å². The molecule has 3 saturated carbocycles. The average molecular weight is 589 g/mol. The fraction of sp³-hybridized carbons (Fsp3) is 0.639. The van der Waals surface area contributed by atoms with Gasteiger partial charge in [-0.1, -0.05) is 31.4 Å². The van der Waals surface area contributed by atoms with Gasteiger partial charge in [0, 0.05) is 36.3 Å². The Morgan fingerprint density at radius 2 is 0.860 bits per heavy atom. The van der Waals surface area contributed by atoms with E-state index < -0.39 is 0 Å². The van der Waals surface area contributed by atoms with E-state index in [4.69, 9.17) is 26.4 Å². The minimum absolute atomic E-state index is 0.0244. The van der Waals surface area contributed by atoms with Crippen LogP contribution in [0.25, 0.3) is 0 Å². The zero-order valence-corrected chi connectivity index (χ0v) is 27.2. The van der Waals surface area contributed by atoms with E-state index in [-0.39, 0.29) is 24.2 Å². The van der Waals surface area contributed by atoms with Gasteiger partial charge in [0.2, 0.25) is 0 Å². The summed E-state index contributed by atoms with van der Waals surface area (Å²) in [4.78, 5) is 29.6. The Labute approximate surface area is 260 Å². The van der Waals surface area contributed by atoms with E-state index in [1.807, 2.05) is 32.0 Å². The van der Waals surface area contributed by atoms with Crippen LogP contribution >= 0.6 is 0 Å². The maximum absolute atomic E-state index is 10.5. The maximum Gasteiger partial charge on any atom is 0.132 e. The summed E-state index contributed by atoms with van der Waals surface area (Å²) in [6, 6.07) is 12.4. The topological polar surface area (TPSA) is 120 Å². The number of carbonyl (C=O) groups excluding carboxylic acids is 1. The van der Waals surface area contributed by atoms with E-state index in [2.05, 4.69) is 37.0 Å². The molecule has 2 aromatic rings. The molecule has 2 heterocycles. The van der Waals surface area contributed by atoms with Crippen molar-refractivity contribution in [2.75, 3.05) is 0 Å². The lowest BCUT2D eigenvalue weighted by Crippen LogP contribution is -2.12. The van der Waals surface area contributed by atoms with Gasteiger partial charge in [0.1, 0.15) is 5.78 Å². The molecule has 0 amide bonds. The maximum atomic E-state index is 10.5. The highest BCUT2D eigenvalue weighted by Crippen LogP contribution is 2.24. The van der Waals surface area contributed by atoms with Gasteiger partial charge in [0.05, 0.1) is 34.9 Å². The molecule has 0 radical (unpaired) electrons. The molecule has 3 aliphatic carbocycles. The second-order valence-electron chi connectivity index (χ2n) is 12.5. The van der Waals surface area contributed by atoms with Crippen molar-refractivity contribution in [3.63, 3.8) is 0 Å². The summed E-state index contributed by atoms with van der Waals surface area (Å²) in [6.07, 6.45) is 17.9. The summed E-state index contributed by atoms with van der Waals surface area (Å²) >= 11 is 0. The number of aromatic nitrogens is 2. The van der Waals surface area contributed by atoms with Gasteiger partial charge in [-0.15, -0.1) is 0 Å². The molecule has 4 unspecified atom stereocenters. The lowest BCUT2D eigenvalue weighted by atomic mass is 9.98. The lowest BCUT2D eigenvalue weighted by Gasteiger charge is -2.17. The second-order valence-corrected chi connectivity index (χ2v) is 12.5. The van der Waals surface area contributed by atoms with Crippen LogP contribution < -0.4 is 11.5 Å². The number of pyridine rings is 2. The number of aliphatic imine (C=N–C) groups is 2. The summed E-state index contributed by atoms with van der Waals surface area (Å²) in [6.45, 7) is 8.16. The molecule has 0 bridgehead atoms. The van der Waals surface area contributed by atoms with Gasteiger partial charge >= 0.3 is 0 Å². The first kappa shape index (κ1) is 34.7. The number of rotatable bonds is 6. The minimum atomic E-state index is -0.0244. The third-order valence-electron chi connectivity index (χ3n) is 8.40. The SMILES string of the molecule is CC(N)c1cccc(C(C)N)n1.CC(N=C1CCCCC1)c1cccc(C(C)N=C2CCCCC2)n1.O=C1CCCCC1. The number of Topliss-reactive ketones (excluding diaryl/α,β-unsaturated/α-hetero) is 1. The summed E-state index contributed by atoms with van der Waals surface area (Å²) in [7, 11) is 0. The van der Waals surface area contributed by atoms with E-state index in [0.29, 0.717) is 5.78 Å². The number of hydrogen-bond donors (Lipinski definition) is 2. The predicted octanol–water partition coefficient (Wildman–Crippen LogP) is 8.65. The first-order chi connectivity index (χ1) is 20.7. The van der Waals surface area contributed by atoms with Gasteiger partial charge in [0.25, 0.3) is 0 Å². The Hall–Kier alpha value is -2.77. The van der Waals surface area contributed by atoms with Crippen molar-refractivity contribution < 1.29 is 4.79 Å². The van der Waals surface area contributed by atoms with Gasteiger partial charge in [-0.25, -0.2) is 0 Å². The molecule has 0 aromatic carbocycles. The van der Waals surface area contributed by atoms with Gasteiger partial charge in [-0.2, -0.15) is 0 Å². The Kier molecular flexibility index (Phi) is 15.2. The van der Waals surface area contributed by atoms with Crippen LogP contribution in [-0.4, -0.2) is 27.2 Å². The van der Waals surface area contributed by atoms with Crippen molar-refractivity contribution >= 4 is 17.2 Å². The summed E-state index contributed by atoms with van der Waals surface area (Å²) in [5.74, 6) is 0.464. The molecule has 3 fully saturated rings. The second kappa shape index (κ2) is 18.8. The monoisotopic (exact) mass is 588 g/mol. The standard InChI is InChI=1S/C21H31N3.C9H15N3.C6H10O/c1-16(22-18-10-5-3-6-11-18)20-14-9-15-21(24-20)17(2)23-19-12-7-4-8-13-19;1-6(10)8-4-3-5-9(12-8)7(2)11;7-6-4-2-1-3-5-6/h9,14-17H,3-8,10-13H2,1-2H3;3-7H,10-11H2,1-2H3;1-5H2. The molecule has 4 atom stereocenters. The van der Waals surface area contributed by atoms with Crippen LogP contribution in [0.3, 0.4) is 0 Å². The summed E-state index contributed by atoms with van der Waals surface area (Å²) in [5, 5.41) is 0. The molecule has 43 heavy (non-hydrogen) atoms. The fourth-order valence-electron chi connectivity index (χ4n) is 5.71.